The maximum Gasteiger partial charge on any atom is 0.276 e. The van der Waals surface area contributed by atoms with E-state index in [0.29, 0.717) is 76.2 Å². The van der Waals surface area contributed by atoms with Crippen molar-refractivity contribution in [1.82, 2.24) is 30.2 Å². The van der Waals surface area contributed by atoms with Crippen LogP contribution < -0.4 is 26.4 Å². The molecule has 0 radical (unpaired) electrons. The van der Waals surface area contributed by atoms with Crippen LogP contribution in [0.25, 0.3) is 0 Å². The van der Waals surface area contributed by atoms with E-state index in [-0.39, 0.29) is 100 Å². The van der Waals surface area contributed by atoms with Gasteiger partial charge in [-0.15, -0.1) is 10.2 Å². The summed E-state index contributed by atoms with van der Waals surface area (Å²) in [5, 5.41) is 15.7. The first-order valence-corrected chi connectivity index (χ1v) is 24.6. The van der Waals surface area contributed by atoms with Crippen LogP contribution in [0, 0.1) is 5.82 Å². The first-order valence-electron chi connectivity index (χ1n) is 23.9. The van der Waals surface area contributed by atoms with Crippen molar-refractivity contribution in [3.63, 3.8) is 0 Å². The zero-order valence-corrected chi connectivity index (χ0v) is 42.3. The second-order valence-electron chi connectivity index (χ2n) is 17.5. The van der Waals surface area contributed by atoms with E-state index in [1.807, 2.05) is 13.8 Å². The lowest BCUT2D eigenvalue weighted by molar-refractivity contribution is -0.140. The number of ether oxygens (including phenoxy) is 5. The minimum Gasteiger partial charge on any atom is -0.482 e. The number of nitrogens with one attached hydrogen (secondary N) is 3. The molecule has 2 unspecified atom stereocenters. The van der Waals surface area contributed by atoms with Crippen LogP contribution in [0.2, 0.25) is 10.0 Å². The number of hydrogen-bond acceptors (Lipinski definition) is 16. The molecule has 0 saturated carbocycles. The van der Waals surface area contributed by atoms with Crippen LogP contribution in [0.5, 0.6) is 5.75 Å². The molecule has 394 valence electrons. The zero-order chi connectivity index (χ0) is 53.1. The third kappa shape index (κ3) is 13.3. The van der Waals surface area contributed by atoms with Crippen molar-refractivity contribution in [3.05, 3.63) is 104 Å². The molecule has 3 aliphatic rings. The maximum atomic E-state index is 14.1. The number of imide groups is 2. The number of carbonyl (C=O) groups is 7. The van der Waals surface area contributed by atoms with Gasteiger partial charge in [-0.25, -0.2) is 4.39 Å². The zero-order valence-electron chi connectivity index (χ0n) is 40.8. The Balaban J connectivity index is 0.729. The van der Waals surface area contributed by atoms with E-state index >= 15 is 0 Å². The van der Waals surface area contributed by atoms with E-state index < -0.39 is 47.5 Å². The molecule has 2 saturated heterocycles. The molecule has 74 heavy (non-hydrogen) atoms. The van der Waals surface area contributed by atoms with Crippen LogP contribution in [-0.2, 0) is 33.3 Å². The fourth-order valence-electron chi connectivity index (χ4n) is 8.78. The SMILES string of the molecule is CC(Oc1cc(C(=O)Nc2ccc(C(=O)N3C[C@@H](C)N(C(=O)CCOCCOCCOCCOCCNc4cccc5c4C(=O)N(C4CCC(=O)NC4=O)C5=O)[C@@H](C)C3)cc2)nnc1N)c1c(Cl)ccc(F)c1Cl. The van der Waals surface area contributed by atoms with Crippen LogP contribution in [0.15, 0.2) is 60.7 Å². The van der Waals surface area contributed by atoms with Crippen molar-refractivity contribution in [1.29, 1.82) is 0 Å². The summed E-state index contributed by atoms with van der Waals surface area (Å²) in [6.07, 6.45) is -0.582. The summed E-state index contributed by atoms with van der Waals surface area (Å²) in [6, 6.07) is 13.4. The van der Waals surface area contributed by atoms with Crippen molar-refractivity contribution < 1.29 is 61.6 Å². The van der Waals surface area contributed by atoms with Crippen molar-refractivity contribution >= 4 is 81.7 Å². The van der Waals surface area contributed by atoms with Gasteiger partial charge in [-0.05, 0) is 75.7 Å². The molecule has 4 atom stereocenters. The quantitative estimate of drug-likeness (QED) is 0.0436. The summed E-state index contributed by atoms with van der Waals surface area (Å²) in [5.41, 5.74) is 7.61. The van der Waals surface area contributed by atoms with Gasteiger partial charge in [-0.2, -0.15) is 0 Å². The van der Waals surface area contributed by atoms with Crippen molar-refractivity contribution in [2.24, 2.45) is 0 Å². The van der Waals surface area contributed by atoms with Crippen LogP contribution in [-0.4, -0.2) is 157 Å². The number of fused-ring (bicyclic) bond motifs is 1. The fraction of sp³-hybridized carbons (Fsp3) is 0.420. The molecule has 4 aromatic rings. The van der Waals surface area contributed by atoms with Crippen molar-refractivity contribution in [2.45, 2.75) is 64.3 Å². The van der Waals surface area contributed by atoms with E-state index in [9.17, 15) is 38.0 Å². The van der Waals surface area contributed by atoms with Gasteiger partial charge >= 0.3 is 0 Å². The normalized spacial score (nSPS) is 18.0. The highest BCUT2D eigenvalue weighted by molar-refractivity contribution is 6.36. The molecule has 5 N–H and O–H groups in total. The highest BCUT2D eigenvalue weighted by Crippen LogP contribution is 2.36. The van der Waals surface area contributed by atoms with Gasteiger partial charge in [-0.1, -0.05) is 29.3 Å². The van der Waals surface area contributed by atoms with Gasteiger partial charge in [0.05, 0.1) is 75.4 Å². The molecule has 7 rings (SSSR count). The second kappa shape index (κ2) is 25.4. The Morgan fingerprint density at radius 2 is 1.50 bits per heavy atom. The molecule has 4 heterocycles. The van der Waals surface area contributed by atoms with Crippen LogP contribution in [0.1, 0.15) is 93.3 Å². The van der Waals surface area contributed by atoms with Gasteiger partial charge in [0.2, 0.25) is 17.7 Å². The summed E-state index contributed by atoms with van der Waals surface area (Å²) in [4.78, 5) is 94.6. The van der Waals surface area contributed by atoms with Gasteiger partial charge < -0.3 is 49.9 Å². The molecule has 1 aromatic heterocycles. The molecule has 0 spiro atoms. The first-order chi connectivity index (χ1) is 35.5. The fourth-order valence-corrected chi connectivity index (χ4v) is 9.46. The topological polar surface area (TPSA) is 263 Å². The van der Waals surface area contributed by atoms with Crippen LogP contribution in [0.4, 0.5) is 21.6 Å². The minimum absolute atomic E-state index is 0.00174. The smallest absolute Gasteiger partial charge is 0.276 e. The third-order valence-corrected chi connectivity index (χ3v) is 13.0. The first kappa shape index (κ1) is 54.9. The maximum absolute atomic E-state index is 14.1. The molecule has 0 bridgehead atoms. The number of rotatable bonds is 23. The van der Waals surface area contributed by atoms with Gasteiger partial charge in [-0.3, -0.25) is 43.8 Å². The lowest BCUT2D eigenvalue weighted by Gasteiger charge is -2.44. The Bertz CT molecular complexity index is 2740. The molecule has 3 aliphatic heterocycles. The molecule has 0 aliphatic carbocycles. The Hall–Kier alpha value is -6.82. The predicted molar refractivity (Wildman–Crippen MR) is 267 cm³/mol. The average Bonchev–Trinajstić information content (AvgIpc) is 3.62. The van der Waals surface area contributed by atoms with E-state index in [1.165, 1.54) is 18.2 Å². The summed E-state index contributed by atoms with van der Waals surface area (Å²) in [7, 11) is 0. The van der Waals surface area contributed by atoms with E-state index in [4.69, 9.17) is 52.6 Å². The lowest BCUT2D eigenvalue weighted by Crippen LogP contribution is -2.59. The van der Waals surface area contributed by atoms with E-state index in [0.717, 1.165) is 11.0 Å². The monoisotopic (exact) mass is 1060 g/mol. The van der Waals surface area contributed by atoms with Gasteiger partial charge in [0.25, 0.3) is 23.6 Å². The molecule has 7 amide bonds. The number of piperidine rings is 1. The molecule has 24 heteroatoms. The van der Waals surface area contributed by atoms with Gasteiger partial charge in [0.15, 0.2) is 17.3 Å². The number of hydrogen-bond donors (Lipinski definition) is 4. The number of anilines is 3. The van der Waals surface area contributed by atoms with Crippen molar-refractivity contribution in [3.8, 4) is 5.75 Å². The van der Waals surface area contributed by atoms with Crippen LogP contribution in [0.3, 0.4) is 0 Å². The number of nitrogens with two attached hydrogens (primary N) is 1. The second-order valence-corrected chi connectivity index (χ2v) is 18.3. The van der Waals surface area contributed by atoms with Gasteiger partial charge in [0, 0.05) is 71.7 Å². The molecule has 2 fully saturated rings. The lowest BCUT2D eigenvalue weighted by atomic mass is 10.0. The molecule has 21 nitrogen and oxygen atoms in total. The van der Waals surface area contributed by atoms with E-state index in [1.54, 1.807) is 53.1 Å². The molecular formula is C50H56Cl2FN9O12. The number of halogens is 3. The Morgan fingerprint density at radius 1 is 0.851 bits per heavy atom. The Morgan fingerprint density at radius 3 is 2.16 bits per heavy atom. The van der Waals surface area contributed by atoms with Crippen LogP contribution >= 0.6 is 23.2 Å². The summed E-state index contributed by atoms with van der Waals surface area (Å²) < 4.78 is 42.4. The minimum atomic E-state index is -1.04. The highest BCUT2D eigenvalue weighted by atomic mass is 35.5. The largest absolute Gasteiger partial charge is 0.482 e. The van der Waals surface area contributed by atoms with E-state index in [2.05, 4.69) is 26.1 Å². The average molecular weight is 1060 g/mol. The standard InChI is InChI=1S/C50H56Cl2FN9O12/c1-28-26-60(48(67)31-7-9-32(10-8-31)56-46(65)37-25-39(45(54)59-58-37)74-30(3)42-34(51)11-12-35(53)44(42)52)27-29(2)61(28)41(64)15-17-70-19-21-72-23-24-73-22-20-71-18-16-55-36-6-4-5-33-43(36)50(69)62(49(33)68)38-13-14-40(63)57-47(38)66/h4-12,25,28-30,38,55H,13-24,26-27H2,1-3H3,(H2,54,59)(H,56,65)(H,57,63,66)/t28-,29+,30?,38?. The third-order valence-electron chi connectivity index (χ3n) is 12.3. The number of piperazine rings is 1. The number of nitrogens with zero attached hydrogens (tertiary/aromatic N) is 5. The molecular weight excluding hydrogens is 1010 g/mol. The van der Waals surface area contributed by atoms with Crippen molar-refractivity contribution in [2.75, 3.05) is 88.9 Å². The number of carbonyl (C=O) groups excluding carboxylic acids is 7. The summed E-state index contributed by atoms with van der Waals surface area (Å²) in [5.74, 6) is -4.01. The predicted octanol–water partition coefficient (Wildman–Crippen LogP) is 4.93. The summed E-state index contributed by atoms with van der Waals surface area (Å²) >= 11 is 12.4. The number of benzene rings is 3. The van der Waals surface area contributed by atoms with Gasteiger partial charge in [0.1, 0.15) is 18.0 Å². The Kier molecular flexibility index (Phi) is 18.9. The number of aromatic nitrogens is 2. The number of amides is 7. The Labute approximate surface area is 435 Å². The molecule has 3 aromatic carbocycles. The highest BCUT2D eigenvalue weighted by Gasteiger charge is 2.45. The number of nitrogen functional groups attached to an aromatic ring is 1. The summed E-state index contributed by atoms with van der Waals surface area (Å²) in [6.45, 7) is 8.74.